The molecule has 6 nitrogen and oxygen atoms in total. The van der Waals surface area contributed by atoms with Crippen molar-refractivity contribution in [2.24, 2.45) is 7.05 Å². The smallest absolute Gasteiger partial charge is 0.243 e. The van der Waals surface area contributed by atoms with Crippen LogP contribution in [0.3, 0.4) is 0 Å². The van der Waals surface area contributed by atoms with Crippen molar-refractivity contribution in [3.05, 3.63) is 6.20 Å². The van der Waals surface area contributed by atoms with E-state index in [0.29, 0.717) is 5.88 Å². The highest BCUT2D eigenvalue weighted by Crippen LogP contribution is 2.29. The van der Waals surface area contributed by atoms with Crippen molar-refractivity contribution in [1.29, 1.82) is 0 Å². The Balaban J connectivity index is 2.49. The SMILES string of the molecule is CCSc1nnc(-c2cn(C)nc2OC)n1CC. The van der Waals surface area contributed by atoms with E-state index >= 15 is 0 Å². The van der Waals surface area contributed by atoms with Gasteiger partial charge in [0, 0.05) is 19.8 Å². The van der Waals surface area contributed by atoms with Crippen LogP contribution >= 0.6 is 11.8 Å². The van der Waals surface area contributed by atoms with Gasteiger partial charge in [-0.05, 0) is 12.7 Å². The summed E-state index contributed by atoms with van der Waals surface area (Å²) in [5, 5.41) is 13.7. The molecular weight excluding hydrogens is 250 g/mol. The molecule has 7 heteroatoms. The number of ether oxygens (including phenoxy) is 1. The van der Waals surface area contributed by atoms with Crippen LogP contribution in [0.1, 0.15) is 13.8 Å². The Bertz CT molecular complexity index is 534. The van der Waals surface area contributed by atoms with Gasteiger partial charge < -0.3 is 9.30 Å². The molecule has 0 N–H and O–H groups in total. The number of methoxy groups -OCH3 is 1. The number of nitrogens with zero attached hydrogens (tertiary/aromatic N) is 5. The first kappa shape index (κ1) is 12.9. The molecule has 0 aromatic carbocycles. The maximum Gasteiger partial charge on any atom is 0.243 e. The van der Waals surface area contributed by atoms with Gasteiger partial charge in [0.15, 0.2) is 11.0 Å². The molecule has 0 amide bonds. The highest BCUT2D eigenvalue weighted by atomic mass is 32.2. The van der Waals surface area contributed by atoms with Gasteiger partial charge in [0.1, 0.15) is 5.56 Å². The molecule has 2 aromatic rings. The van der Waals surface area contributed by atoms with Gasteiger partial charge in [-0.15, -0.1) is 15.3 Å². The van der Waals surface area contributed by atoms with Crippen LogP contribution in [-0.2, 0) is 13.6 Å². The lowest BCUT2D eigenvalue weighted by Gasteiger charge is -2.05. The van der Waals surface area contributed by atoms with Crippen LogP contribution in [-0.4, -0.2) is 37.4 Å². The van der Waals surface area contributed by atoms with E-state index in [1.165, 1.54) is 0 Å². The summed E-state index contributed by atoms with van der Waals surface area (Å²) in [6.45, 7) is 5.00. The molecular formula is C11H17N5OS. The minimum Gasteiger partial charge on any atom is -0.479 e. The predicted octanol–water partition coefficient (Wildman–Crippen LogP) is 1.82. The van der Waals surface area contributed by atoms with E-state index in [9.17, 15) is 0 Å². The molecule has 0 aliphatic rings. The summed E-state index contributed by atoms with van der Waals surface area (Å²) in [5.41, 5.74) is 0.873. The highest BCUT2D eigenvalue weighted by molar-refractivity contribution is 7.99. The fraction of sp³-hybridized carbons (Fsp3) is 0.545. The topological polar surface area (TPSA) is 57.8 Å². The van der Waals surface area contributed by atoms with E-state index in [0.717, 1.165) is 28.8 Å². The zero-order valence-corrected chi connectivity index (χ0v) is 11.9. The molecule has 0 atom stereocenters. The van der Waals surface area contributed by atoms with E-state index in [1.54, 1.807) is 23.6 Å². The number of thioether (sulfide) groups is 1. The van der Waals surface area contributed by atoms with Crippen molar-refractivity contribution in [3.63, 3.8) is 0 Å². The third-order valence-corrected chi connectivity index (χ3v) is 3.38. The quantitative estimate of drug-likeness (QED) is 0.773. The van der Waals surface area contributed by atoms with Crippen LogP contribution in [0.15, 0.2) is 11.4 Å². The van der Waals surface area contributed by atoms with E-state index in [4.69, 9.17) is 4.74 Å². The summed E-state index contributed by atoms with van der Waals surface area (Å²) in [7, 11) is 3.47. The molecule has 0 radical (unpaired) electrons. The van der Waals surface area contributed by atoms with Crippen molar-refractivity contribution in [2.75, 3.05) is 12.9 Å². The average molecular weight is 267 g/mol. The Morgan fingerprint density at radius 2 is 2.11 bits per heavy atom. The van der Waals surface area contributed by atoms with Crippen molar-refractivity contribution in [1.82, 2.24) is 24.5 Å². The molecule has 0 fully saturated rings. The number of hydrogen-bond donors (Lipinski definition) is 0. The Labute approximate surface area is 110 Å². The van der Waals surface area contributed by atoms with Gasteiger partial charge in [-0.3, -0.25) is 4.68 Å². The van der Waals surface area contributed by atoms with Crippen LogP contribution in [0, 0.1) is 0 Å². The zero-order valence-electron chi connectivity index (χ0n) is 11.0. The molecule has 2 heterocycles. The fourth-order valence-electron chi connectivity index (χ4n) is 1.78. The molecule has 2 aromatic heterocycles. The Kier molecular flexibility index (Phi) is 3.90. The maximum absolute atomic E-state index is 5.27. The molecule has 2 rings (SSSR count). The molecule has 0 unspecified atom stereocenters. The van der Waals surface area contributed by atoms with Crippen LogP contribution in [0.4, 0.5) is 0 Å². The Morgan fingerprint density at radius 1 is 1.33 bits per heavy atom. The number of hydrogen-bond acceptors (Lipinski definition) is 5. The molecule has 98 valence electrons. The van der Waals surface area contributed by atoms with E-state index in [-0.39, 0.29) is 0 Å². The summed E-state index contributed by atoms with van der Waals surface area (Å²) in [5.74, 6) is 2.36. The minimum absolute atomic E-state index is 0.577. The molecule has 0 spiro atoms. The summed E-state index contributed by atoms with van der Waals surface area (Å²) in [6.07, 6.45) is 1.90. The normalized spacial score (nSPS) is 10.9. The number of rotatable bonds is 5. The summed E-state index contributed by atoms with van der Waals surface area (Å²) in [4.78, 5) is 0. The number of aromatic nitrogens is 5. The first-order valence-corrected chi connectivity index (χ1v) is 6.83. The molecule has 0 saturated carbocycles. The summed E-state index contributed by atoms with van der Waals surface area (Å²) >= 11 is 1.68. The van der Waals surface area contributed by atoms with Gasteiger partial charge in [-0.2, -0.15) is 0 Å². The van der Waals surface area contributed by atoms with Crippen molar-refractivity contribution >= 4 is 11.8 Å². The lowest BCUT2D eigenvalue weighted by atomic mass is 10.3. The molecule has 0 aliphatic carbocycles. The maximum atomic E-state index is 5.27. The average Bonchev–Trinajstić information content (AvgIpc) is 2.92. The molecule has 0 saturated heterocycles. The minimum atomic E-state index is 0.577. The third-order valence-electron chi connectivity index (χ3n) is 2.54. The highest BCUT2D eigenvalue weighted by Gasteiger charge is 2.18. The Hall–Kier alpha value is -1.50. The van der Waals surface area contributed by atoms with Crippen molar-refractivity contribution in [2.45, 2.75) is 25.5 Å². The van der Waals surface area contributed by atoms with Gasteiger partial charge in [0.05, 0.1) is 7.11 Å². The van der Waals surface area contributed by atoms with Gasteiger partial charge in [-0.1, -0.05) is 18.7 Å². The van der Waals surface area contributed by atoms with Gasteiger partial charge in [-0.25, -0.2) is 0 Å². The summed E-state index contributed by atoms with van der Waals surface area (Å²) < 4.78 is 9.06. The third kappa shape index (κ3) is 2.22. The van der Waals surface area contributed by atoms with Crippen molar-refractivity contribution < 1.29 is 4.74 Å². The van der Waals surface area contributed by atoms with Gasteiger partial charge in [0.2, 0.25) is 5.88 Å². The number of aryl methyl sites for hydroxylation is 1. The summed E-state index contributed by atoms with van der Waals surface area (Å²) in [6, 6.07) is 0. The second-order valence-corrected chi connectivity index (χ2v) is 4.94. The lowest BCUT2D eigenvalue weighted by Crippen LogP contribution is -2.00. The predicted molar refractivity (Wildman–Crippen MR) is 70.8 cm³/mol. The van der Waals surface area contributed by atoms with Crippen LogP contribution in [0.5, 0.6) is 5.88 Å². The van der Waals surface area contributed by atoms with Crippen LogP contribution in [0.25, 0.3) is 11.4 Å². The zero-order chi connectivity index (χ0) is 13.1. The van der Waals surface area contributed by atoms with Crippen LogP contribution < -0.4 is 4.74 Å². The van der Waals surface area contributed by atoms with Crippen LogP contribution in [0.2, 0.25) is 0 Å². The lowest BCUT2D eigenvalue weighted by molar-refractivity contribution is 0.393. The fourth-order valence-corrected chi connectivity index (χ4v) is 2.51. The molecule has 18 heavy (non-hydrogen) atoms. The van der Waals surface area contributed by atoms with Crippen molar-refractivity contribution in [3.8, 4) is 17.3 Å². The molecule has 0 bridgehead atoms. The largest absolute Gasteiger partial charge is 0.479 e. The molecule has 0 aliphatic heterocycles. The standard InChI is InChI=1S/C11H17N5OS/c1-5-16-9(12-13-11(16)18-6-2)8-7-15(3)14-10(8)17-4/h7H,5-6H2,1-4H3. The van der Waals surface area contributed by atoms with E-state index in [1.807, 2.05) is 13.2 Å². The van der Waals surface area contributed by atoms with E-state index in [2.05, 4.69) is 33.7 Å². The Morgan fingerprint density at radius 3 is 2.72 bits per heavy atom. The van der Waals surface area contributed by atoms with Gasteiger partial charge in [0.25, 0.3) is 0 Å². The second kappa shape index (κ2) is 5.43. The second-order valence-electron chi connectivity index (χ2n) is 3.71. The van der Waals surface area contributed by atoms with E-state index < -0.39 is 0 Å². The monoisotopic (exact) mass is 267 g/mol. The van der Waals surface area contributed by atoms with Gasteiger partial charge >= 0.3 is 0 Å². The first-order chi connectivity index (χ1) is 8.71. The first-order valence-electron chi connectivity index (χ1n) is 5.85.